The van der Waals surface area contributed by atoms with Crippen LogP contribution < -0.4 is 0 Å². The van der Waals surface area contributed by atoms with Crippen molar-refractivity contribution in [1.29, 1.82) is 0 Å². The van der Waals surface area contributed by atoms with Crippen LogP contribution in [0.25, 0.3) is 83.3 Å². The van der Waals surface area contributed by atoms with Crippen molar-refractivity contribution in [3.8, 4) is 39.6 Å². The lowest BCUT2D eigenvalue weighted by Gasteiger charge is -2.12. The van der Waals surface area contributed by atoms with E-state index in [0.717, 1.165) is 55.7 Å². The van der Waals surface area contributed by atoms with Crippen molar-refractivity contribution in [2.24, 2.45) is 0 Å². The van der Waals surface area contributed by atoms with E-state index in [0.29, 0.717) is 5.82 Å². The van der Waals surface area contributed by atoms with Crippen LogP contribution in [-0.4, -0.2) is 14.5 Å². The van der Waals surface area contributed by atoms with E-state index < -0.39 is 0 Å². The van der Waals surface area contributed by atoms with E-state index >= 15 is 0 Å². The van der Waals surface area contributed by atoms with Crippen LogP contribution >= 0.6 is 0 Å². The predicted octanol–water partition coefficient (Wildman–Crippen LogP) is 10.5. The predicted molar refractivity (Wildman–Crippen MR) is 180 cm³/mol. The molecule has 0 N–H and O–H groups in total. The fourth-order valence-electron chi connectivity index (χ4n) is 6.42. The first-order valence-electron chi connectivity index (χ1n) is 14.8. The van der Waals surface area contributed by atoms with E-state index in [2.05, 4.69) is 108 Å². The van der Waals surface area contributed by atoms with Gasteiger partial charge in [0.25, 0.3) is 0 Å². The van der Waals surface area contributed by atoms with Gasteiger partial charge in [0.1, 0.15) is 11.2 Å². The van der Waals surface area contributed by atoms with Gasteiger partial charge < -0.3 is 8.98 Å². The van der Waals surface area contributed by atoms with Gasteiger partial charge in [-0.25, -0.2) is 9.97 Å². The van der Waals surface area contributed by atoms with Crippen molar-refractivity contribution >= 4 is 43.7 Å². The van der Waals surface area contributed by atoms with Gasteiger partial charge in [-0.15, -0.1) is 0 Å². The van der Waals surface area contributed by atoms with E-state index in [-0.39, 0.29) is 0 Å². The second kappa shape index (κ2) is 9.79. The van der Waals surface area contributed by atoms with Gasteiger partial charge in [0.05, 0.1) is 22.4 Å². The molecule has 6 aromatic carbocycles. The van der Waals surface area contributed by atoms with Crippen LogP contribution in [0.15, 0.2) is 156 Å². The zero-order valence-corrected chi connectivity index (χ0v) is 23.7. The Balaban J connectivity index is 1.23. The van der Waals surface area contributed by atoms with Crippen LogP contribution in [0.3, 0.4) is 0 Å². The second-order valence-electron chi connectivity index (χ2n) is 11.0. The Morgan fingerprint density at radius 2 is 1.02 bits per heavy atom. The van der Waals surface area contributed by atoms with Gasteiger partial charge in [0.2, 0.25) is 0 Å². The van der Waals surface area contributed by atoms with Crippen LogP contribution in [-0.2, 0) is 0 Å². The smallest absolute Gasteiger partial charge is 0.161 e. The van der Waals surface area contributed by atoms with Crippen LogP contribution in [0.1, 0.15) is 0 Å². The summed E-state index contributed by atoms with van der Waals surface area (Å²) < 4.78 is 8.53. The van der Waals surface area contributed by atoms with E-state index in [1.54, 1.807) is 0 Å². The second-order valence-corrected chi connectivity index (χ2v) is 11.0. The van der Waals surface area contributed by atoms with Crippen LogP contribution in [0.4, 0.5) is 0 Å². The highest BCUT2D eigenvalue weighted by molar-refractivity contribution is 6.12. The first-order chi connectivity index (χ1) is 21.8. The van der Waals surface area contributed by atoms with E-state index in [9.17, 15) is 0 Å². The lowest BCUT2D eigenvalue weighted by Crippen LogP contribution is -1.97. The third-order valence-electron chi connectivity index (χ3n) is 8.44. The number of hydrogen-bond donors (Lipinski definition) is 0. The lowest BCUT2D eigenvalue weighted by atomic mass is 10.0. The SMILES string of the molecule is c1ccc(-c2cc(-c3ccc(-n4c5ccccc5c5ccccc54)cc3)nc(-c3cccc4oc5ccccc5c34)n2)cc1. The molecule has 0 aliphatic heterocycles. The summed E-state index contributed by atoms with van der Waals surface area (Å²) >= 11 is 0. The summed E-state index contributed by atoms with van der Waals surface area (Å²) in [5, 5.41) is 4.59. The molecule has 3 aromatic heterocycles. The number of nitrogens with zero attached hydrogens (tertiary/aromatic N) is 3. The monoisotopic (exact) mass is 563 g/mol. The van der Waals surface area contributed by atoms with Crippen molar-refractivity contribution < 1.29 is 4.42 Å². The molecule has 0 saturated heterocycles. The van der Waals surface area contributed by atoms with Crippen LogP contribution in [0.5, 0.6) is 0 Å². The van der Waals surface area contributed by atoms with Gasteiger partial charge >= 0.3 is 0 Å². The largest absolute Gasteiger partial charge is 0.456 e. The Bertz CT molecular complexity index is 2430. The number of benzene rings is 6. The van der Waals surface area contributed by atoms with Crippen molar-refractivity contribution in [2.75, 3.05) is 0 Å². The molecule has 9 rings (SSSR count). The van der Waals surface area contributed by atoms with Crippen LogP contribution in [0, 0.1) is 0 Å². The highest BCUT2D eigenvalue weighted by Gasteiger charge is 2.17. The number of hydrogen-bond acceptors (Lipinski definition) is 3. The first-order valence-corrected chi connectivity index (χ1v) is 14.8. The number of rotatable bonds is 4. The third-order valence-corrected chi connectivity index (χ3v) is 8.44. The molecule has 206 valence electrons. The van der Waals surface area contributed by atoms with Crippen molar-refractivity contribution in [1.82, 2.24) is 14.5 Å². The maximum atomic E-state index is 6.20. The molecule has 0 aliphatic carbocycles. The molecule has 4 heteroatoms. The minimum Gasteiger partial charge on any atom is -0.456 e. The van der Waals surface area contributed by atoms with Crippen molar-refractivity contribution in [3.63, 3.8) is 0 Å². The molecule has 0 aliphatic rings. The van der Waals surface area contributed by atoms with Crippen molar-refractivity contribution in [2.45, 2.75) is 0 Å². The Labute approximate surface area is 253 Å². The van der Waals surface area contributed by atoms with Gasteiger partial charge in [0.15, 0.2) is 5.82 Å². The maximum absolute atomic E-state index is 6.20. The average molecular weight is 564 g/mol. The Kier molecular flexibility index (Phi) is 5.47. The molecule has 9 aromatic rings. The molecule has 0 radical (unpaired) electrons. The Morgan fingerprint density at radius 3 is 1.73 bits per heavy atom. The van der Waals surface area contributed by atoms with E-state index in [4.69, 9.17) is 14.4 Å². The minimum absolute atomic E-state index is 0.671. The summed E-state index contributed by atoms with van der Waals surface area (Å²) in [4.78, 5) is 10.3. The minimum atomic E-state index is 0.671. The molecule has 0 spiro atoms. The molecule has 0 saturated carbocycles. The molecular weight excluding hydrogens is 538 g/mol. The topological polar surface area (TPSA) is 43.9 Å². The quantitative estimate of drug-likeness (QED) is 0.214. The zero-order valence-electron chi connectivity index (χ0n) is 23.7. The molecular formula is C40H25N3O. The van der Waals surface area contributed by atoms with Gasteiger partial charge in [0, 0.05) is 43.9 Å². The summed E-state index contributed by atoms with van der Waals surface area (Å²) in [6.07, 6.45) is 0. The summed E-state index contributed by atoms with van der Waals surface area (Å²) in [6.45, 7) is 0. The molecule has 44 heavy (non-hydrogen) atoms. The lowest BCUT2D eigenvalue weighted by molar-refractivity contribution is 0.669. The van der Waals surface area contributed by atoms with Crippen molar-refractivity contribution in [3.05, 3.63) is 152 Å². The fourth-order valence-corrected chi connectivity index (χ4v) is 6.42. The fraction of sp³-hybridized carbons (Fsp3) is 0. The summed E-state index contributed by atoms with van der Waals surface area (Å²) in [7, 11) is 0. The number of para-hydroxylation sites is 3. The van der Waals surface area contributed by atoms with Crippen LogP contribution in [0.2, 0.25) is 0 Å². The van der Waals surface area contributed by atoms with E-state index in [1.165, 1.54) is 21.8 Å². The Hall–Kier alpha value is -6.00. The number of fused-ring (bicyclic) bond motifs is 6. The summed E-state index contributed by atoms with van der Waals surface area (Å²) in [5.41, 5.74) is 9.95. The van der Waals surface area contributed by atoms with E-state index in [1.807, 2.05) is 48.5 Å². The third kappa shape index (κ3) is 3.85. The standard InChI is InChI=1S/C40H25N3O/c1-2-11-26(12-3-1)33-25-34(42-40(41-33)32-16-10-20-38-39(32)31-15-6-9-19-37(31)44-38)27-21-23-28(24-22-27)43-35-17-7-4-13-29(35)30-14-5-8-18-36(30)43/h1-25H. The van der Waals surface area contributed by atoms with Gasteiger partial charge in [-0.3, -0.25) is 0 Å². The highest BCUT2D eigenvalue weighted by atomic mass is 16.3. The van der Waals surface area contributed by atoms with Gasteiger partial charge in [-0.1, -0.05) is 109 Å². The van der Waals surface area contributed by atoms with Gasteiger partial charge in [-0.2, -0.15) is 0 Å². The summed E-state index contributed by atoms with van der Waals surface area (Å²) in [6, 6.07) is 52.5. The maximum Gasteiger partial charge on any atom is 0.161 e. The molecule has 0 fully saturated rings. The zero-order chi connectivity index (χ0) is 29.0. The Morgan fingerprint density at radius 1 is 0.455 bits per heavy atom. The normalized spacial score (nSPS) is 11.6. The molecule has 4 nitrogen and oxygen atoms in total. The molecule has 0 unspecified atom stereocenters. The number of aromatic nitrogens is 3. The molecule has 0 atom stereocenters. The first kappa shape index (κ1) is 24.6. The molecule has 3 heterocycles. The summed E-state index contributed by atoms with van der Waals surface area (Å²) in [5.74, 6) is 0.671. The van der Waals surface area contributed by atoms with Gasteiger partial charge in [-0.05, 0) is 42.5 Å². The highest BCUT2D eigenvalue weighted by Crippen LogP contribution is 2.37. The molecule has 0 amide bonds. The number of furan rings is 1. The average Bonchev–Trinajstić information content (AvgIpc) is 3.65. The molecule has 0 bridgehead atoms.